The van der Waals surface area contributed by atoms with Crippen LogP contribution in [0, 0.1) is 10.8 Å². The summed E-state index contributed by atoms with van der Waals surface area (Å²) in [5, 5.41) is 6.94. The lowest BCUT2D eigenvalue weighted by molar-refractivity contribution is -0.143. The van der Waals surface area contributed by atoms with Gasteiger partial charge in [0.05, 0.1) is 27.7 Å². The van der Waals surface area contributed by atoms with E-state index < -0.39 is 15.4 Å². The number of hydrogen-bond acceptors (Lipinski definition) is 5. The molecule has 2 saturated heterocycles. The van der Waals surface area contributed by atoms with Crippen molar-refractivity contribution in [2.45, 2.75) is 62.3 Å². The lowest BCUT2D eigenvalue weighted by Gasteiger charge is -2.43. The summed E-state index contributed by atoms with van der Waals surface area (Å²) in [4.78, 5) is 29.9. The van der Waals surface area contributed by atoms with Crippen molar-refractivity contribution in [3.8, 4) is 0 Å². The molecule has 3 fully saturated rings. The summed E-state index contributed by atoms with van der Waals surface area (Å²) in [5.41, 5.74) is -0.220. The molecule has 2 atom stereocenters. The Labute approximate surface area is 263 Å². The number of piperidine rings is 1. The molecule has 3 aliphatic heterocycles. The predicted molar refractivity (Wildman–Crippen MR) is 169 cm³/mol. The second-order valence-electron chi connectivity index (χ2n) is 12.4. The van der Waals surface area contributed by atoms with E-state index in [1.54, 1.807) is 36.4 Å². The van der Waals surface area contributed by atoms with E-state index in [1.165, 1.54) is 16.4 Å². The molecule has 0 aromatic heterocycles. The van der Waals surface area contributed by atoms with Crippen LogP contribution in [0.15, 0.2) is 59.5 Å². The van der Waals surface area contributed by atoms with Gasteiger partial charge in [0.1, 0.15) is 4.90 Å². The summed E-state index contributed by atoms with van der Waals surface area (Å²) in [6.07, 6.45) is 10.4. The van der Waals surface area contributed by atoms with Crippen LogP contribution in [0.3, 0.4) is 0 Å². The summed E-state index contributed by atoms with van der Waals surface area (Å²) < 4.78 is 29.7. The Balaban J connectivity index is 1.46. The molecule has 2 aromatic carbocycles. The van der Waals surface area contributed by atoms with Gasteiger partial charge < -0.3 is 15.5 Å². The third kappa shape index (κ3) is 5.70. The number of nitrogens with zero attached hydrogens (tertiary/aromatic N) is 2. The minimum Gasteiger partial charge on any atom is -0.349 e. The number of sulfonamides is 1. The standard InChI is InChI=1S/C32H38Cl2N4O4S/c33-24-7-1-2-8-26(24)38-19-6-5-12-31(14-17-35-18-15-31)30(40)37-20-16-32(22-37)13-4-3-9-28(32)36-29(39)23-10-11-25(34)27(21-23)43(38,41)42/h1-2,5-8,10-11,21,28,35H,3-4,9,12-20,22H2,(H,36,39)/b6-5+. The molecule has 4 aliphatic rings. The highest BCUT2D eigenvalue weighted by atomic mass is 35.5. The van der Waals surface area contributed by atoms with Gasteiger partial charge in [-0.15, -0.1) is 0 Å². The van der Waals surface area contributed by atoms with Gasteiger partial charge in [0.15, 0.2) is 0 Å². The van der Waals surface area contributed by atoms with Crippen molar-refractivity contribution in [1.82, 2.24) is 15.5 Å². The fourth-order valence-electron chi connectivity index (χ4n) is 7.50. The summed E-state index contributed by atoms with van der Waals surface area (Å²) in [5.74, 6) is -0.169. The number of nitrogens with one attached hydrogen (secondary N) is 2. The number of amides is 2. The molecule has 2 N–H and O–H groups in total. The van der Waals surface area contributed by atoms with Crippen LogP contribution in [0.25, 0.3) is 0 Å². The zero-order valence-electron chi connectivity index (χ0n) is 24.2. The van der Waals surface area contributed by atoms with E-state index in [4.69, 9.17) is 23.2 Å². The number of rotatable bonds is 1. The first kappa shape index (κ1) is 30.4. The molecule has 2 unspecified atom stereocenters. The van der Waals surface area contributed by atoms with Gasteiger partial charge in [-0.05, 0) is 81.9 Å². The van der Waals surface area contributed by atoms with Crippen molar-refractivity contribution in [3.05, 3.63) is 70.2 Å². The molecule has 43 heavy (non-hydrogen) atoms. The normalized spacial score (nSPS) is 28.2. The average molecular weight is 646 g/mol. The van der Waals surface area contributed by atoms with E-state index in [0.717, 1.165) is 45.2 Å². The molecule has 1 saturated carbocycles. The van der Waals surface area contributed by atoms with Crippen LogP contribution in [0.2, 0.25) is 10.0 Å². The first-order valence-corrected chi connectivity index (χ1v) is 17.4. The van der Waals surface area contributed by atoms with Gasteiger partial charge in [-0.1, -0.05) is 60.3 Å². The summed E-state index contributed by atoms with van der Waals surface area (Å²) in [6.45, 7) is 2.82. The van der Waals surface area contributed by atoms with E-state index >= 15 is 0 Å². The Hall–Kier alpha value is -2.59. The molecule has 6 rings (SSSR count). The zero-order valence-corrected chi connectivity index (χ0v) is 26.5. The lowest BCUT2D eigenvalue weighted by Crippen LogP contribution is -2.53. The largest absolute Gasteiger partial charge is 0.349 e. The highest BCUT2D eigenvalue weighted by molar-refractivity contribution is 7.93. The van der Waals surface area contributed by atoms with Crippen LogP contribution in [-0.2, 0) is 14.8 Å². The Morgan fingerprint density at radius 2 is 1.70 bits per heavy atom. The van der Waals surface area contributed by atoms with Crippen LogP contribution in [0.1, 0.15) is 61.7 Å². The molecule has 2 aromatic rings. The van der Waals surface area contributed by atoms with Gasteiger partial charge in [-0.3, -0.25) is 13.9 Å². The van der Waals surface area contributed by atoms with Crippen LogP contribution in [0.4, 0.5) is 5.69 Å². The summed E-state index contributed by atoms with van der Waals surface area (Å²) in [6, 6.07) is 11.0. The van der Waals surface area contributed by atoms with E-state index in [1.807, 2.05) is 11.0 Å². The lowest BCUT2D eigenvalue weighted by atomic mass is 9.69. The van der Waals surface area contributed by atoms with Crippen molar-refractivity contribution in [2.75, 3.05) is 37.0 Å². The first-order valence-electron chi connectivity index (χ1n) is 15.2. The van der Waals surface area contributed by atoms with Crippen molar-refractivity contribution < 1.29 is 18.0 Å². The highest BCUT2D eigenvalue weighted by Gasteiger charge is 2.51. The molecule has 0 radical (unpaired) electrons. The van der Waals surface area contributed by atoms with E-state index in [2.05, 4.69) is 10.6 Å². The highest BCUT2D eigenvalue weighted by Crippen LogP contribution is 2.46. The van der Waals surface area contributed by atoms with Gasteiger partial charge in [0.2, 0.25) is 5.91 Å². The van der Waals surface area contributed by atoms with Crippen LogP contribution < -0.4 is 14.9 Å². The number of halogens is 2. The minimum atomic E-state index is -4.24. The molecule has 3 heterocycles. The fraction of sp³-hybridized carbons (Fsp3) is 0.500. The van der Waals surface area contributed by atoms with Gasteiger partial charge in [-0.25, -0.2) is 8.42 Å². The predicted octanol–water partition coefficient (Wildman–Crippen LogP) is 5.41. The number of hydrogen-bond donors (Lipinski definition) is 2. The topological polar surface area (TPSA) is 98.8 Å². The molecule has 11 heteroatoms. The Kier molecular flexibility index (Phi) is 8.54. The molecule has 8 nitrogen and oxygen atoms in total. The number of carbonyl (C=O) groups is 2. The van der Waals surface area contributed by atoms with Crippen molar-refractivity contribution in [3.63, 3.8) is 0 Å². The van der Waals surface area contributed by atoms with Crippen molar-refractivity contribution in [1.29, 1.82) is 0 Å². The smallest absolute Gasteiger partial charge is 0.266 e. The van der Waals surface area contributed by atoms with Crippen molar-refractivity contribution >= 4 is 50.7 Å². The fourth-order valence-corrected chi connectivity index (χ4v) is 9.72. The number of benzene rings is 2. The van der Waals surface area contributed by atoms with Crippen molar-refractivity contribution in [2.24, 2.45) is 10.8 Å². The Bertz CT molecular complexity index is 1540. The zero-order chi connectivity index (χ0) is 30.2. The minimum absolute atomic E-state index is 0.0176. The monoisotopic (exact) mass is 644 g/mol. The van der Waals surface area contributed by atoms with Crippen LogP contribution in [-0.4, -0.2) is 63.9 Å². The summed E-state index contributed by atoms with van der Waals surface area (Å²) >= 11 is 13.0. The maximum Gasteiger partial charge on any atom is 0.266 e. The number of para-hydroxylation sites is 1. The number of allylic oxidation sites excluding steroid dienone is 1. The third-order valence-electron chi connectivity index (χ3n) is 9.98. The Morgan fingerprint density at radius 3 is 2.49 bits per heavy atom. The second kappa shape index (κ2) is 12.1. The Morgan fingerprint density at radius 1 is 0.907 bits per heavy atom. The van der Waals surface area contributed by atoms with Gasteiger partial charge in [0.25, 0.3) is 15.9 Å². The van der Waals surface area contributed by atoms with Gasteiger partial charge >= 0.3 is 0 Å². The second-order valence-corrected chi connectivity index (χ2v) is 15.1. The maximum atomic E-state index is 14.3. The molecular weight excluding hydrogens is 607 g/mol. The summed E-state index contributed by atoms with van der Waals surface area (Å²) in [7, 11) is -4.24. The first-order chi connectivity index (χ1) is 20.7. The average Bonchev–Trinajstić information content (AvgIpc) is 3.43. The molecule has 2 amide bonds. The van der Waals surface area contributed by atoms with Crippen LogP contribution >= 0.6 is 23.2 Å². The number of carbonyl (C=O) groups excluding carboxylic acids is 2. The number of fused-ring (bicyclic) bond motifs is 3. The van der Waals surface area contributed by atoms with E-state index in [-0.39, 0.29) is 50.3 Å². The SMILES string of the molecule is O=C1NC2CCCCC23CCN(C3)C(=O)C2(C/C=C/CN(c3ccccc3Cl)S(=O)(=O)c3cc1ccc3Cl)CCNCC2. The number of anilines is 1. The molecule has 4 bridgehead atoms. The van der Waals surface area contributed by atoms with Gasteiger partial charge in [-0.2, -0.15) is 0 Å². The third-order valence-corrected chi connectivity index (χ3v) is 12.6. The van der Waals surface area contributed by atoms with E-state index in [0.29, 0.717) is 38.0 Å². The molecule has 230 valence electrons. The van der Waals surface area contributed by atoms with Gasteiger partial charge in [0, 0.05) is 30.1 Å². The molecular formula is C32H38Cl2N4O4S. The van der Waals surface area contributed by atoms with Crippen LogP contribution in [0.5, 0.6) is 0 Å². The quantitative estimate of drug-likeness (QED) is 0.405. The van der Waals surface area contributed by atoms with E-state index in [9.17, 15) is 18.0 Å². The maximum absolute atomic E-state index is 14.3. The molecule has 1 aliphatic carbocycles. The molecule has 2 spiro atoms.